The van der Waals surface area contributed by atoms with Gasteiger partial charge in [-0.3, -0.25) is 4.79 Å². The minimum atomic E-state index is -3.72. The minimum absolute atomic E-state index is 0.376. The monoisotopic (exact) mass is 276 g/mol. The SMILES string of the molecule is NC(=O)C(O)CNS(=O)(=O)Cc1ccc(F)cc1. The van der Waals surface area contributed by atoms with Crippen LogP contribution in [0.2, 0.25) is 0 Å². The van der Waals surface area contributed by atoms with Crippen LogP contribution in [0.3, 0.4) is 0 Å². The van der Waals surface area contributed by atoms with Gasteiger partial charge in [0.1, 0.15) is 11.9 Å². The maximum atomic E-state index is 12.6. The van der Waals surface area contributed by atoms with Crippen molar-refractivity contribution in [1.82, 2.24) is 4.72 Å². The van der Waals surface area contributed by atoms with Gasteiger partial charge in [-0.15, -0.1) is 0 Å². The van der Waals surface area contributed by atoms with Crippen molar-refractivity contribution in [3.05, 3.63) is 35.6 Å². The van der Waals surface area contributed by atoms with Gasteiger partial charge in [-0.05, 0) is 17.7 Å². The molecule has 0 aromatic heterocycles. The summed E-state index contributed by atoms with van der Waals surface area (Å²) in [4.78, 5) is 10.5. The fraction of sp³-hybridized carbons (Fsp3) is 0.300. The second-order valence-corrected chi connectivity index (χ2v) is 5.46. The summed E-state index contributed by atoms with van der Waals surface area (Å²) in [7, 11) is -3.72. The average molecular weight is 276 g/mol. The van der Waals surface area contributed by atoms with Crippen LogP contribution in [-0.2, 0) is 20.6 Å². The molecule has 1 amide bonds. The predicted octanol–water partition coefficient (Wildman–Crippen LogP) is -0.909. The molecular formula is C10H13FN2O4S. The van der Waals surface area contributed by atoms with Gasteiger partial charge in [0.15, 0.2) is 0 Å². The van der Waals surface area contributed by atoms with Gasteiger partial charge in [0, 0.05) is 6.54 Å². The van der Waals surface area contributed by atoms with Gasteiger partial charge in [-0.2, -0.15) is 0 Å². The highest BCUT2D eigenvalue weighted by molar-refractivity contribution is 7.88. The second-order valence-electron chi connectivity index (χ2n) is 3.65. The first-order valence-corrected chi connectivity index (χ1v) is 6.64. The van der Waals surface area contributed by atoms with Crippen LogP contribution in [-0.4, -0.2) is 32.1 Å². The Morgan fingerprint density at radius 2 is 1.94 bits per heavy atom. The summed E-state index contributed by atoms with van der Waals surface area (Å²) < 4.78 is 37.7. The molecule has 1 rings (SSSR count). The lowest BCUT2D eigenvalue weighted by Crippen LogP contribution is -2.40. The zero-order valence-corrected chi connectivity index (χ0v) is 10.2. The number of hydrogen-bond donors (Lipinski definition) is 3. The van der Waals surface area contributed by atoms with Crippen LogP contribution in [0, 0.1) is 5.82 Å². The number of amides is 1. The van der Waals surface area contributed by atoms with Gasteiger partial charge in [0.25, 0.3) is 0 Å². The highest BCUT2D eigenvalue weighted by atomic mass is 32.2. The molecule has 0 saturated heterocycles. The lowest BCUT2D eigenvalue weighted by molar-refractivity contribution is -0.125. The molecule has 0 aliphatic carbocycles. The number of sulfonamides is 1. The smallest absolute Gasteiger partial charge is 0.247 e. The number of hydrogen-bond acceptors (Lipinski definition) is 4. The van der Waals surface area contributed by atoms with E-state index in [1.165, 1.54) is 12.1 Å². The normalized spacial score (nSPS) is 13.2. The maximum Gasteiger partial charge on any atom is 0.247 e. The van der Waals surface area contributed by atoms with E-state index in [1.807, 2.05) is 4.72 Å². The zero-order valence-electron chi connectivity index (χ0n) is 9.34. The number of nitrogens with two attached hydrogens (primary N) is 1. The third kappa shape index (κ3) is 4.78. The third-order valence-electron chi connectivity index (χ3n) is 2.09. The molecule has 0 aliphatic heterocycles. The molecule has 1 aromatic carbocycles. The van der Waals surface area contributed by atoms with E-state index in [4.69, 9.17) is 10.8 Å². The number of rotatable bonds is 6. The Labute approximate surface area is 104 Å². The zero-order chi connectivity index (χ0) is 13.8. The average Bonchev–Trinajstić information content (AvgIpc) is 2.29. The molecule has 0 spiro atoms. The Morgan fingerprint density at radius 1 is 1.39 bits per heavy atom. The van der Waals surface area contributed by atoms with Crippen LogP contribution in [0.1, 0.15) is 5.56 Å². The molecule has 0 heterocycles. The van der Waals surface area contributed by atoms with E-state index >= 15 is 0 Å². The van der Waals surface area contributed by atoms with Gasteiger partial charge >= 0.3 is 0 Å². The standard InChI is InChI=1S/C10H13FN2O4S/c11-8-3-1-7(2-4-8)6-18(16,17)13-5-9(14)10(12)15/h1-4,9,13-14H,5-6H2,(H2,12,15). The van der Waals surface area contributed by atoms with Crippen molar-refractivity contribution >= 4 is 15.9 Å². The van der Waals surface area contributed by atoms with E-state index in [0.717, 1.165) is 12.1 Å². The topological polar surface area (TPSA) is 109 Å². The molecule has 1 unspecified atom stereocenters. The molecule has 4 N–H and O–H groups in total. The van der Waals surface area contributed by atoms with E-state index in [0.29, 0.717) is 5.56 Å². The Kier molecular flexibility index (Phi) is 4.76. The van der Waals surface area contributed by atoms with E-state index in [9.17, 15) is 17.6 Å². The van der Waals surface area contributed by atoms with E-state index in [2.05, 4.69) is 0 Å². The van der Waals surface area contributed by atoms with Crippen molar-refractivity contribution in [2.24, 2.45) is 5.73 Å². The summed E-state index contributed by atoms with van der Waals surface area (Å²) in [5, 5.41) is 9.04. The molecule has 0 bridgehead atoms. The van der Waals surface area contributed by atoms with Gasteiger partial charge < -0.3 is 10.8 Å². The highest BCUT2D eigenvalue weighted by Gasteiger charge is 2.16. The Morgan fingerprint density at radius 3 is 2.44 bits per heavy atom. The van der Waals surface area contributed by atoms with Gasteiger partial charge in [0.05, 0.1) is 5.75 Å². The molecule has 0 fully saturated rings. The fourth-order valence-electron chi connectivity index (χ4n) is 1.16. The summed E-state index contributed by atoms with van der Waals surface area (Å²) in [5.74, 6) is -1.86. The molecule has 100 valence electrons. The van der Waals surface area contributed by atoms with Crippen LogP contribution in [0.5, 0.6) is 0 Å². The summed E-state index contributed by atoms with van der Waals surface area (Å²) in [6.07, 6.45) is -1.58. The van der Waals surface area contributed by atoms with Gasteiger partial charge in [0.2, 0.25) is 15.9 Å². The molecule has 0 aliphatic rings. The number of aliphatic hydroxyl groups is 1. The molecule has 0 radical (unpaired) electrons. The van der Waals surface area contributed by atoms with Crippen LogP contribution >= 0.6 is 0 Å². The largest absolute Gasteiger partial charge is 0.382 e. The quantitative estimate of drug-likeness (QED) is 0.625. The van der Waals surface area contributed by atoms with E-state index in [1.54, 1.807) is 0 Å². The molecular weight excluding hydrogens is 263 g/mol. The number of carbonyl (C=O) groups is 1. The number of aliphatic hydroxyl groups excluding tert-OH is 1. The lowest BCUT2D eigenvalue weighted by Gasteiger charge is -2.09. The number of primary amides is 1. The second kappa shape index (κ2) is 5.89. The van der Waals surface area contributed by atoms with Crippen molar-refractivity contribution < 1.29 is 22.7 Å². The predicted molar refractivity (Wildman–Crippen MR) is 62.2 cm³/mol. The van der Waals surface area contributed by atoms with Crippen molar-refractivity contribution in [3.8, 4) is 0 Å². The van der Waals surface area contributed by atoms with E-state index in [-0.39, 0.29) is 5.75 Å². The van der Waals surface area contributed by atoms with E-state index < -0.39 is 34.4 Å². The Hall–Kier alpha value is -1.51. The summed E-state index contributed by atoms with van der Waals surface area (Å²) in [5.41, 5.74) is 5.16. The maximum absolute atomic E-state index is 12.6. The minimum Gasteiger partial charge on any atom is -0.382 e. The molecule has 8 heteroatoms. The fourth-order valence-corrected chi connectivity index (χ4v) is 2.30. The first kappa shape index (κ1) is 14.6. The van der Waals surface area contributed by atoms with Gasteiger partial charge in [-0.1, -0.05) is 12.1 Å². The Bertz CT molecular complexity index is 515. The number of halogens is 1. The van der Waals surface area contributed by atoms with Gasteiger partial charge in [-0.25, -0.2) is 17.5 Å². The Balaban J connectivity index is 2.60. The van der Waals surface area contributed by atoms with Crippen molar-refractivity contribution in [1.29, 1.82) is 0 Å². The summed E-state index contributed by atoms with van der Waals surface area (Å²) in [6.45, 7) is -0.487. The highest BCUT2D eigenvalue weighted by Crippen LogP contribution is 2.06. The van der Waals surface area contributed by atoms with Crippen molar-refractivity contribution in [2.75, 3.05) is 6.54 Å². The molecule has 6 nitrogen and oxygen atoms in total. The number of benzene rings is 1. The van der Waals surface area contributed by atoms with Crippen molar-refractivity contribution in [2.45, 2.75) is 11.9 Å². The van der Waals surface area contributed by atoms with Crippen LogP contribution in [0.4, 0.5) is 4.39 Å². The van der Waals surface area contributed by atoms with Crippen molar-refractivity contribution in [3.63, 3.8) is 0 Å². The van der Waals surface area contributed by atoms with Crippen LogP contribution < -0.4 is 10.5 Å². The summed E-state index contributed by atoms with van der Waals surface area (Å²) >= 11 is 0. The third-order valence-corrected chi connectivity index (χ3v) is 3.41. The first-order valence-electron chi connectivity index (χ1n) is 4.99. The molecule has 1 atom stereocenters. The van der Waals surface area contributed by atoms with Crippen LogP contribution in [0.15, 0.2) is 24.3 Å². The lowest BCUT2D eigenvalue weighted by atomic mass is 10.2. The summed E-state index contributed by atoms with van der Waals surface area (Å²) in [6, 6.07) is 4.95. The first-order chi connectivity index (χ1) is 8.30. The van der Waals surface area contributed by atoms with Crippen LogP contribution in [0.25, 0.3) is 0 Å². The molecule has 1 aromatic rings. The molecule has 0 saturated carbocycles. The number of nitrogens with one attached hydrogen (secondary N) is 1. The number of carbonyl (C=O) groups excluding carboxylic acids is 1. The molecule has 18 heavy (non-hydrogen) atoms.